The zero-order valence-corrected chi connectivity index (χ0v) is 24.4. The van der Waals surface area contributed by atoms with Crippen LogP contribution in [0, 0.1) is 11.3 Å². The molecule has 3 aromatic rings. The summed E-state index contributed by atoms with van der Waals surface area (Å²) in [5, 5.41) is 3.86. The van der Waals surface area contributed by atoms with Crippen molar-refractivity contribution in [2.75, 3.05) is 5.32 Å². The van der Waals surface area contributed by atoms with Crippen molar-refractivity contribution >= 4 is 16.9 Å². The van der Waals surface area contributed by atoms with Crippen LogP contribution in [-0.4, -0.2) is 0 Å². The molecule has 194 valence electrons. The summed E-state index contributed by atoms with van der Waals surface area (Å²) in [6.07, 6.45) is 7.98. The van der Waals surface area contributed by atoms with Gasteiger partial charge in [0.25, 0.3) is 0 Å². The maximum absolute atomic E-state index is 3.86. The zero-order chi connectivity index (χ0) is 27.0. The van der Waals surface area contributed by atoms with E-state index >= 15 is 0 Å². The van der Waals surface area contributed by atoms with Gasteiger partial charge in [0.2, 0.25) is 0 Å². The molecule has 1 aliphatic carbocycles. The lowest BCUT2D eigenvalue weighted by Gasteiger charge is -2.32. The van der Waals surface area contributed by atoms with Crippen molar-refractivity contribution in [2.45, 2.75) is 79.6 Å². The van der Waals surface area contributed by atoms with Crippen LogP contribution in [0.15, 0.2) is 85.0 Å². The molecule has 1 atom stereocenters. The first kappa shape index (κ1) is 27.0. The molecule has 0 bridgehead atoms. The highest BCUT2D eigenvalue weighted by Crippen LogP contribution is 2.43. The summed E-state index contributed by atoms with van der Waals surface area (Å²) in [6.45, 7) is 20.7. The second-order valence-corrected chi connectivity index (χ2v) is 13.8. The van der Waals surface area contributed by atoms with E-state index in [-0.39, 0.29) is 16.2 Å². The maximum atomic E-state index is 3.86. The zero-order valence-electron chi connectivity index (χ0n) is 24.4. The Balaban J connectivity index is 1.84. The first-order chi connectivity index (χ1) is 17.2. The van der Waals surface area contributed by atoms with Crippen molar-refractivity contribution in [3.8, 4) is 11.1 Å². The number of allylic oxidation sites excluding steroid dienone is 4. The molecule has 0 aliphatic heterocycles. The first-order valence-corrected chi connectivity index (χ1v) is 13.7. The van der Waals surface area contributed by atoms with Gasteiger partial charge in [0.15, 0.2) is 0 Å². The van der Waals surface area contributed by atoms with E-state index in [1.165, 1.54) is 39.1 Å². The topological polar surface area (TPSA) is 12.0 Å². The summed E-state index contributed by atoms with van der Waals surface area (Å²) in [5.41, 5.74) is 10.6. The van der Waals surface area contributed by atoms with Gasteiger partial charge in [-0.1, -0.05) is 135 Å². The van der Waals surface area contributed by atoms with E-state index in [0.717, 1.165) is 12.1 Å². The third-order valence-corrected chi connectivity index (χ3v) is 7.66. The summed E-state index contributed by atoms with van der Waals surface area (Å²) in [7, 11) is 0. The highest BCUT2D eigenvalue weighted by atomic mass is 14.9. The standard InChI is InChI=1S/C36H45N/c1-34(2,3)27-19-21-30(22-20-27)37-33-31(25-13-10-15-28(23-25)35(4,5)6)17-12-18-32(33)26-14-11-16-29(24-26)36(7,8)9/h10-23,29,37H,24H2,1-9H3. The Morgan fingerprint density at radius 3 is 1.92 bits per heavy atom. The van der Waals surface area contributed by atoms with Gasteiger partial charge >= 0.3 is 0 Å². The van der Waals surface area contributed by atoms with Gasteiger partial charge in [-0.05, 0) is 63.0 Å². The molecule has 37 heavy (non-hydrogen) atoms. The van der Waals surface area contributed by atoms with E-state index < -0.39 is 0 Å². The predicted octanol–water partition coefficient (Wildman–Crippen LogP) is 10.7. The van der Waals surface area contributed by atoms with Crippen molar-refractivity contribution in [3.63, 3.8) is 0 Å². The summed E-state index contributed by atoms with van der Waals surface area (Å²) in [6, 6.07) is 24.8. The Bertz CT molecular complexity index is 1300. The van der Waals surface area contributed by atoms with E-state index in [0.29, 0.717) is 5.92 Å². The third kappa shape index (κ3) is 6.27. The quantitative estimate of drug-likeness (QED) is 0.383. The lowest BCUT2D eigenvalue weighted by molar-refractivity contribution is 0.296. The van der Waals surface area contributed by atoms with Crippen LogP contribution in [0.3, 0.4) is 0 Å². The van der Waals surface area contributed by atoms with Gasteiger partial charge in [0.05, 0.1) is 5.69 Å². The fraction of sp³-hybridized carbons (Fsp3) is 0.389. The molecule has 0 radical (unpaired) electrons. The van der Waals surface area contributed by atoms with Gasteiger partial charge in [0.1, 0.15) is 0 Å². The minimum Gasteiger partial charge on any atom is -0.355 e. The Hall–Kier alpha value is -3.06. The van der Waals surface area contributed by atoms with E-state index in [1.54, 1.807) is 0 Å². The summed E-state index contributed by atoms with van der Waals surface area (Å²) in [5.74, 6) is 0.513. The number of hydrogen-bond acceptors (Lipinski definition) is 1. The van der Waals surface area contributed by atoms with E-state index in [2.05, 4.69) is 153 Å². The minimum absolute atomic E-state index is 0.0978. The van der Waals surface area contributed by atoms with E-state index in [9.17, 15) is 0 Å². The Morgan fingerprint density at radius 1 is 0.676 bits per heavy atom. The molecule has 0 fully saturated rings. The number of benzene rings is 3. The molecule has 1 aliphatic rings. The number of rotatable bonds is 4. The van der Waals surface area contributed by atoms with Gasteiger partial charge in [-0.15, -0.1) is 0 Å². The second kappa shape index (κ2) is 10.0. The molecule has 0 heterocycles. The summed E-state index contributed by atoms with van der Waals surface area (Å²) >= 11 is 0. The van der Waals surface area contributed by atoms with Crippen molar-refractivity contribution in [1.82, 2.24) is 0 Å². The fourth-order valence-electron chi connectivity index (χ4n) is 5.02. The van der Waals surface area contributed by atoms with Crippen molar-refractivity contribution in [2.24, 2.45) is 11.3 Å². The molecule has 0 saturated carbocycles. The monoisotopic (exact) mass is 491 g/mol. The molecular formula is C36H45N. The normalized spacial score (nSPS) is 16.5. The fourth-order valence-corrected chi connectivity index (χ4v) is 5.02. The number of hydrogen-bond donors (Lipinski definition) is 1. The van der Waals surface area contributed by atoms with Crippen LogP contribution in [0.5, 0.6) is 0 Å². The molecule has 0 saturated heterocycles. The molecule has 0 spiro atoms. The number of nitrogens with one attached hydrogen (secondary N) is 1. The molecule has 0 aromatic heterocycles. The van der Waals surface area contributed by atoms with Crippen LogP contribution in [0.2, 0.25) is 0 Å². The molecule has 4 rings (SSSR count). The van der Waals surface area contributed by atoms with E-state index in [4.69, 9.17) is 0 Å². The smallest absolute Gasteiger partial charge is 0.0540 e. The summed E-state index contributed by atoms with van der Waals surface area (Å²) < 4.78 is 0. The van der Waals surface area contributed by atoms with Crippen LogP contribution in [0.25, 0.3) is 16.7 Å². The molecule has 1 unspecified atom stereocenters. The highest BCUT2D eigenvalue weighted by molar-refractivity contribution is 5.91. The lowest BCUT2D eigenvalue weighted by Crippen LogP contribution is -2.20. The van der Waals surface area contributed by atoms with Gasteiger partial charge in [-0.25, -0.2) is 0 Å². The predicted molar refractivity (Wildman–Crippen MR) is 164 cm³/mol. The molecule has 1 N–H and O–H groups in total. The largest absolute Gasteiger partial charge is 0.355 e. The number of para-hydroxylation sites is 1. The van der Waals surface area contributed by atoms with Crippen LogP contribution >= 0.6 is 0 Å². The molecule has 3 aromatic carbocycles. The molecule has 1 heteroatoms. The van der Waals surface area contributed by atoms with E-state index in [1.807, 2.05) is 0 Å². The van der Waals surface area contributed by atoms with Gasteiger partial charge in [-0.2, -0.15) is 0 Å². The SMILES string of the molecule is CC(C)(C)c1ccc(Nc2c(C3=CC=CC(C(C)(C)C)C3)cccc2-c2cccc(C(C)(C)C)c2)cc1. The van der Waals surface area contributed by atoms with Crippen molar-refractivity contribution in [1.29, 1.82) is 0 Å². The molecular weight excluding hydrogens is 446 g/mol. The highest BCUT2D eigenvalue weighted by Gasteiger charge is 2.26. The molecule has 1 nitrogen and oxygen atoms in total. The average molecular weight is 492 g/mol. The van der Waals surface area contributed by atoms with Crippen molar-refractivity contribution < 1.29 is 0 Å². The van der Waals surface area contributed by atoms with Crippen LogP contribution < -0.4 is 5.32 Å². The Kier molecular flexibility index (Phi) is 7.30. The van der Waals surface area contributed by atoms with Crippen molar-refractivity contribution in [3.05, 3.63) is 102 Å². The number of anilines is 2. The van der Waals surface area contributed by atoms with Gasteiger partial charge < -0.3 is 5.32 Å². The summed E-state index contributed by atoms with van der Waals surface area (Å²) in [4.78, 5) is 0. The molecule has 0 amide bonds. The van der Waals surface area contributed by atoms with Crippen LogP contribution in [-0.2, 0) is 10.8 Å². The van der Waals surface area contributed by atoms with Gasteiger partial charge in [-0.3, -0.25) is 0 Å². The Morgan fingerprint density at radius 2 is 1.30 bits per heavy atom. The second-order valence-electron chi connectivity index (χ2n) is 13.8. The van der Waals surface area contributed by atoms with Crippen LogP contribution in [0.1, 0.15) is 85.4 Å². The van der Waals surface area contributed by atoms with Gasteiger partial charge in [0, 0.05) is 16.8 Å². The maximum Gasteiger partial charge on any atom is 0.0540 e. The first-order valence-electron chi connectivity index (χ1n) is 13.7. The average Bonchev–Trinajstić information content (AvgIpc) is 2.83. The minimum atomic E-state index is 0.0978. The Labute approximate surface area is 225 Å². The third-order valence-electron chi connectivity index (χ3n) is 7.66. The van der Waals surface area contributed by atoms with Crippen LogP contribution in [0.4, 0.5) is 11.4 Å². The lowest BCUT2D eigenvalue weighted by atomic mass is 9.74.